The van der Waals surface area contributed by atoms with Gasteiger partial charge in [0.1, 0.15) is 0 Å². The number of fused-ring (bicyclic) bond motifs is 1. The zero-order valence-corrected chi connectivity index (χ0v) is 10.7. The summed E-state index contributed by atoms with van der Waals surface area (Å²) < 4.78 is 7.18. The monoisotopic (exact) mass is 239 g/mol. The first-order valence-electron chi connectivity index (χ1n) is 5.36. The second-order valence-electron chi connectivity index (χ2n) is 3.81. The highest BCUT2D eigenvalue weighted by Crippen LogP contribution is 2.20. The van der Waals surface area contributed by atoms with Crippen LogP contribution in [0.2, 0.25) is 0 Å². The molecule has 0 saturated carbocycles. The van der Waals surface area contributed by atoms with Gasteiger partial charge in [-0.15, -0.1) is 11.3 Å². The van der Waals surface area contributed by atoms with Gasteiger partial charge in [0, 0.05) is 31.3 Å². The number of methoxy groups -OCH3 is 1. The van der Waals surface area contributed by atoms with E-state index in [9.17, 15) is 0 Å². The largest absolute Gasteiger partial charge is 0.383 e. The first-order valence-corrected chi connectivity index (χ1v) is 6.17. The van der Waals surface area contributed by atoms with Crippen LogP contribution in [-0.2, 0) is 11.3 Å². The van der Waals surface area contributed by atoms with Gasteiger partial charge in [-0.1, -0.05) is 0 Å². The van der Waals surface area contributed by atoms with Crippen LogP contribution in [0.15, 0.2) is 6.20 Å². The van der Waals surface area contributed by atoms with Gasteiger partial charge in [0.05, 0.1) is 18.0 Å². The fourth-order valence-electron chi connectivity index (χ4n) is 1.70. The first kappa shape index (κ1) is 11.6. The average molecular weight is 239 g/mol. The van der Waals surface area contributed by atoms with Gasteiger partial charge in [0.2, 0.25) is 0 Å². The van der Waals surface area contributed by atoms with Crippen molar-refractivity contribution in [2.24, 2.45) is 0 Å². The number of aryl methyl sites for hydroxylation is 2. The second-order valence-corrected chi connectivity index (χ2v) is 5.02. The molecule has 0 bridgehead atoms. The van der Waals surface area contributed by atoms with Gasteiger partial charge in [-0.25, -0.2) is 4.98 Å². The molecule has 5 heteroatoms. The van der Waals surface area contributed by atoms with E-state index in [0.717, 1.165) is 30.4 Å². The molecule has 2 rings (SSSR count). The van der Waals surface area contributed by atoms with Crippen molar-refractivity contribution in [3.05, 3.63) is 22.5 Å². The smallest absolute Gasteiger partial charge is 0.194 e. The van der Waals surface area contributed by atoms with Crippen molar-refractivity contribution in [3.63, 3.8) is 0 Å². The van der Waals surface area contributed by atoms with Gasteiger partial charge >= 0.3 is 0 Å². The number of ether oxygens (including phenoxy) is 1. The standard InChI is InChI=1S/C11H17N3OS/c1-8-7-14-10(6-12-4-5-15-3)9(2)13-11(14)16-8/h7,12H,4-6H2,1-3H3. The maximum atomic E-state index is 5.00. The van der Waals surface area contributed by atoms with Crippen molar-refractivity contribution in [3.8, 4) is 0 Å². The van der Waals surface area contributed by atoms with Gasteiger partial charge in [0.25, 0.3) is 0 Å². The summed E-state index contributed by atoms with van der Waals surface area (Å²) in [5.74, 6) is 0. The molecule has 0 aliphatic carbocycles. The molecule has 0 fully saturated rings. The molecule has 2 aromatic heterocycles. The lowest BCUT2D eigenvalue weighted by Gasteiger charge is -2.04. The van der Waals surface area contributed by atoms with Crippen LogP contribution >= 0.6 is 11.3 Å². The van der Waals surface area contributed by atoms with E-state index in [1.165, 1.54) is 10.6 Å². The van der Waals surface area contributed by atoms with Crippen LogP contribution in [0.1, 0.15) is 16.3 Å². The summed E-state index contributed by atoms with van der Waals surface area (Å²) in [7, 11) is 1.71. The zero-order chi connectivity index (χ0) is 11.5. The lowest BCUT2D eigenvalue weighted by Crippen LogP contribution is -2.19. The highest BCUT2D eigenvalue weighted by molar-refractivity contribution is 7.17. The van der Waals surface area contributed by atoms with Gasteiger partial charge in [-0.2, -0.15) is 0 Å². The SMILES string of the molecule is COCCNCc1c(C)nc2sc(C)cn12. The number of thiazole rings is 1. The lowest BCUT2D eigenvalue weighted by molar-refractivity contribution is 0.199. The fourth-order valence-corrected chi connectivity index (χ4v) is 2.59. The first-order chi connectivity index (χ1) is 7.72. The highest BCUT2D eigenvalue weighted by atomic mass is 32.1. The minimum absolute atomic E-state index is 0.740. The Labute approximate surface area is 99.3 Å². The molecule has 0 radical (unpaired) electrons. The van der Waals surface area contributed by atoms with Crippen molar-refractivity contribution in [2.45, 2.75) is 20.4 Å². The van der Waals surface area contributed by atoms with E-state index in [2.05, 4.69) is 34.7 Å². The normalized spacial score (nSPS) is 11.4. The predicted octanol–water partition coefficient (Wildman–Crippen LogP) is 1.75. The summed E-state index contributed by atoms with van der Waals surface area (Å²) in [6.45, 7) is 6.61. The van der Waals surface area contributed by atoms with Crippen LogP contribution in [0, 0.1) is 13.8 Å². The molecule has 4 nitrogen and oxygen atoms in total. The summed E-state index contributed by atoms with van der Waals surface area (Å²) in [4.78, 5) is 6.92. The van der Waals surface area contributed by atoms with Gasteiger partial charge < -0.3 is 10.1 Å². The van der Waals surface area contributed by atoms with Crippen LogP contribution in [0.3, 0.4) is 0 Å². The van der Waals surface area contributed by atoms with Crippen LogP contribution in [0.5, 0.6) is 0 Å². The van der Waals surface area contributed by atoms with Crippen LogP contribution in [0.4, 0.5) is 0 Å². The molecule has 0 atom stereocenters. The molecule has 16 heavy (non-hydrogen) atoms. The molecule has 0 spiro atoms. The Bertz CT molecular complexity index is 475. The summed E-state index contributed by atoms with van der Waals surface area (Å²) in [6.07, 6.45) is 2.15. The van der Waals surface area contributed by atoms with E-state index >= 15 is 0 Å². The van der Waals surface area contributed by atoms with E-state index in [4.69, 9.17) is 4.74 Å². The molecule has 0 aromatic carbocycles. The minimum atomic E-state index is 0.740. The Morgan fingerprint density at radius 3 is 3.06 bits per heavy atom. The molecule has 2 heterocycles. The molecule has 0 aliphatic heterocycles. The molecule has 88 valence electrons. The van der Waals surface area contributed by atoms with Crippen molar-refractivity contribution in [1.82, 2.24) is 14.7 Å². The third-order valence-electron chi connectivity index (χ3n) is 2.52. The molecule has 0 unspecified atom stereocenters. The maximum absolute atomic E-state index is 5.00. The quantitative estimate of drug-likeness (QED) is 0.808. The topological polar surface area (TPSA) is 38.6 Å². The Kier molecular flexibility index (Phi) is 3.58. The highest BCUT2D eigenvalue weighted by Gasteiger charge is 2.09. The summed E-state index contributed by atoms with van der Waals surface area (Å²) in [6, 6.07) is 0. The second kappa shape index (κ2) is 4.95. The molecule has 0 amide bonds. The Hall–Kier alpha value is -0.910. The number of hydrogen-bond acceptors (Lipinski definition) is 4. The van der Waals surface area contributed by atoms with Crippen molar-refractivity contribution < 1.29 is 4.74 Å². The Morgan fingerprint density at radius 2 is 2.31 bits per heavy atom. The van der Waals surface area contributed by atoms with Crippen molar-refractivity contribution in [2.75, 3.05) is 20.3 Å². The minimum Gasteiger partial charge on any atom is -0.383 e. The van der Waals surface area contributed by atoms with Gasteiger partial charge in [0.15, 0.2) is 4.96 Å². The van der Waals surface area contributed by atoms with Crippen LogP contribution in [0.25, 0.3) is 4.96 Å². The van der Waals surface area contributed by atoms with Gasteiger partial charge in [-0.05, 0) is 13.8 Å². The molecular weight excluding hydrogens is 222 g/mol. The predicted molar refractivity (Wildman–Crippen MR) is 66.1 cm³/mol. The average Bonchev–Trinajstić information content (AvgIpc) is 2.70. The molecule has 0 aliphatic rings. The van der Waals surface area contributed by atoms with Crippen LogP contribution in [-0.4, -0.2) is 29.6 Å². The number of hydrogen-bond donors (Lipinski definition) is 1. The summed E-state index contributed by atoms with van der Waals surface area (Å²) in [5, 5.41) is 3.35. The van der Waals surface area contributed by atoms with E-state index in [1.807, 2.05) is 0 Å². The lowest BCUT2D eigenvalue weighted by atomic mass is 10.3. The third-order valence-corrected chi connectivity index (χ3v) is 3.41. The number of aromatic nitrogens is 2. The van der Waals surface area contributed by atoms with E-state index in [-0.39, 0.29) is 0 Å². The van der Waals surface area contributed by atoms with Gasteiger partial charge in [-0.3, -0.25) is 4.40 Å². The summed E-state index contributed by atoms with van der Waals surface area (Å²) >= 11 is 1.73. The third kappa shape index (κ3) is 2.26. The Morgan fingerprint density at radius 1 is 1.50 bits per heavy atom. The Balaban J connectivity index is 2.12. The van der Waals surface area contributed by atoms with Crippen molar-refractivity contribution >= 4 is 16.3 Å². The maximum Gasteiger partial charge on any atom is 0.194 e. The fraction of sp³-hybridized carbons (Fsp3) is 0.545. The van der Waals surface area contributed by atoms with E-state index in [1.54, 1.807) is 18.4 Å². The van der Waals surface area contributed by atoms with Crippen LogP contribution < -0.4 is 5.32 Å². The molecule has 1 N–H and O–H groups in total. The van der Waals surface area contributed by atoms with E-state index in [0.29, 0.717) is 0 Å². The number of nitrogens with zero attached hydrogens (tertiary/aromatic N) is 2. The zero-order valence-electron chi connectivity index (χ0n) is 9.91. The molecule has 2 aromatic rings. The number of imidazole rings is 1. The number of nitrogens with one attached hydrogen (secondary N) is 1. The van der Waals surface area contributed by atoms with Crippen molar-refractivity contribution in [1.29, 1.82) is 0 Å². The van der Waals surface area contributed by atoms with E-state index < -0.39 is 0 Å². The molecular formula is C11H17N3OS. The number of rotatable bonds is 5. The summed E-state index contributed by atoms with van der Waals surface area (Å²) in [5.41, 5.74) is 2.35. The molecule has 0 saturated heterocycles.